The van der Waals surface area contributed by atoms with E-state index in [1.165, 1.54) is 13.8 Å². The first-order valence-corrected chi connectivity index (χ1v) is 27.4. The van der Waals surface area contributed by atoms with Crippen molar-refractivity contribution in [1.29, 1.82) is 0 Å². The zero-order valence-corrected chi connectivity index (χ0v) is 42.0. The number of ether oxygens (including phenoxy) is 1. The van der Waals surface area contributed by atoms with Gasteiger partial charge < -0.3 is 50.9 Å². The third-order valence-corrected chi connectivity index (χ3v) is 13.7. The Bertz CT molecular complexity index is 2270. The third kappa shape index (κ3) is 22.5. The first-order valence-electron chi connectivity index (χ1n) is 21.9. The van der Waals surface area contributed by atoms with Crippen LogP contribution >= 0.6 is 35.2 Å². The van der Waals surface area contributed by atoms with Gasteiger partial charge in [-0.25, -0.2) is 28.6 Å². The summed E-state index contributed by atoms with van der Waals surface area (Å²) in [6.45, 7) is 2.62. The van der Waals surface area contributed by atoms with Gasteiger partial charge in [-0.15, -0.1) is 0 Å². The van der Waals surface area contributed by atoms with Crippen LogP contribution in [0.1, 0.15) is 84.8 Å². The third-order valence-electron chi connectivity index (χ3n) is 9.67. The maximum atomic E-state index is 12.7. The minimum atomic E-state index is -5.58. The second-order valence-corrected chi connectivity index (χ2v) is 21.3. The van der Waals surface area contributed by atoms with Crippen molar-refractivity contribution < 1.29 is 80.5 Å². The number of phosphoric ester groups is 3. The summed E-state index contributed by atoms with van der Waals surface area (Å²) in [5, 5.41) is 26.6. The second-order valence-electron chi connectivity index (χ2n) is 15.9. The Morgan fingerprint density at radius 1 is 0.884 bits per heavy atom. The topological polar surface area (TPSA) is 364 Å². The summed E-state index contributed by atoms with van der Waals surface area (Å²) in [6, 6.07) is 0. The number of thioether (sulfide) groups is 1. The molecule has 10 N–H and O–H groups in total. The number of aliphatic hydroxyl groups excluding tert-OH is 2. The van der Waals surface area contributed by atoms with Gasteiger partial charge in [-0.3, -0.25) is 32.5 Å². The number of carbonyl (C=O) groups is 3. The first kappa shape index (κ1) is 59.6. The van der Waals surface area contributed by atoms with Crippen molar-refractivity contribution in [3.05, 3.63) is 73.4 Å². The summed E-state index contributed by atoms with van der Waals surface area (Å²) >= 11 is 1.11. The molecule has 1 aliphatic rings. The minimum absolute atomic E-state index is 0.00790. The molecule has 1 fully saturated rings. The summed E-state index contributed by atoms with van der Waals surface area (Å²) < 4.78 is 62.4. The van der Waals surface area contributed by atoms with Crippen molar-refractivity contribution in [3.8, 4) is 0 Å². The molecule has 0 spiro atoms. The average molecular weight is 1050 g/mol. The standard InChI is InChI=1S/C41H64N7O17P3S/c1-4-5-6-7-8-9-10-11-12-13-14-15-16-17-18-19-20-21-32(50)69-25-24-43-31(49)22-23-44-39(53)36(52)41(2,3)27-62-68(59,60)65-67(57,58)61-26-30-35(64-66(54,55)56)34(51)40(63-30)48-29-47-33-37(42)45-28-46-38(33)48/h5-6,8-9,11-12,14-15,17-18,28-30,34-36,40,51-52H,4,7,10,13,16,19-27H2,1-3H3,(H,43,49)(H,44,53)(H,57,58)(H,59,60)(H2,42,45,46)(H2,54,55,56)/b6-5-,9-8-,12-11-,15-14-,18-17-/t30-,34-,35-,36?,40-/m1/s1. The van der Waals surface area contributed by atoms with E-state index in [9.17, 15) is 57.9 Å². The molecule has 0 radical (unpaired) electrons. The van der Waals surface area contributed by atoms with Crippen LogP contribution in [0, 0.1) is 5.41 Å². The Kier molecular flexibility index (Phi) is 25.5. The van der Waals surface area contributed by atoms with Crippen LogP contribution in [0.5, 0.6) is 0 Å². The fraction of sp³-hybridized carbons (Fsp3) is 0.561. The van der Waals surface area contributed by atoms with Gasteiger partial charge in [-0.05, 0) is 44.9 Å². The summed E-state index contributed by atoms with van der Waals surface area (Å²) in [5.41, 5.74) is 4.27. The van der Waals surface area contributed by atoms with Gasteiger partial charge in [-0.2, -0.15) is 4.31 Å². The van der Waals surface area contributed by atoms with E-state index in [4.69, 9.17) is 19.5 Å². The molecular weight excluding hydrogens is 987 g/mol. The van der Waals surface area contributed by atoms with Crippen LogP contribution in [0.2, 0.25) is 0 Å². The highest BCUT2D eigenvalue weighted by Crippen LogP contribution is 2.61. The van der Waals surface area contributed by atoms with Crippen LogP contribution in [-0.4, -0.2) is 123 Å². The maximum absolute atomic E-state index is 12.7. The average Bonchev–Trinajstić information content (AvgIpc) is 3.84. The van der Waals surface area contributed by atoms with Crippen LogP contribution in [0.4, 0.5) is 5.82 Å². The first-order chi connectivity index (χ1) is 32.6. The van der Waals surface area contributed by atoms with Crippen molar-refractivity contribution in [2.45, 2.75) is 109 Å². The zero-order chi connectivity index (χ0) is 51.1. The summed E-state index contributed by atoms with van der Waals surface area (Å²) in [5.74, 6) is -1.09. The number of hydrogen-bond donors (Lipinski definition) is 9. The molecule has 2 aromatic rings. The van der Waals surface area contributed by atoms with Gasteiger partial charge in [0.2, 0.25) is 11.8 Å². The Morgan fingerprint density at radius 3 is 2.12 bits per heavy atom. The Hall–Kier alpha value is -3.74. The number of nitrogens with two attached hydrogens (primary N) is 1. The highest BCUT2D eigenvalue weighted by Gasteiger charge is 2.50. The molecule has 0 aromatic carbocycles. The SMILES string of the molecule is CC/C=C\C/C=C\C/C=C\C/C=C\C/C=C\CCCC(=O)SCCNC(=O)CCNC(=O)C(O)C(C)(C)COP(=O)(O)OP(=O)(O)OC[C@H]1O[C@@H](n2cnc3c(N)ncnc32)[C@H](O)[C@@H]1OP(=O)(O)O. The molecule has 7 atom stereocenters. The van der Waals surface area contributed by atoms with Gasteiger partial charge in [0.15, 0.2) is 22.8 Å². The molecule has 3 rings (SSSR count). The lowest BCUT2D eigenvalue weighted by molar-refractivity contribution is -0.137. The van der Waals surface area contributed by atoms with Gasteiger partial charge in [0.1, 0.15) is 36.3 Å². The molecule has 24 nitrogen and oxygen atoms in total. The minimum Gasteiger partial charge on any atom is -0.386 e. The molecule has 0 bridgehead atoms. The van der Waals surface area contributed by atoms with Crippen LogP contribution in [0.25, 0.3) is 11.2 Å². The van der Waals surface area contributed by atoms with E-state index in [1.807, 2.05) is 0 Å². The lowest BCUT2D eigenvalue weighted by Gasteiger charge is -2.30. The van der Waals surface area contributed by atoms with Crippen molar-refractivity contribution in [1.82, 2.24) is 30.2 Å². The Balaban J connectivity index is 1.31. The number of nitrogens with zero attached hydrogens (tertiary/aromatic N) is 4. The normalized spacial score (nSPS) is 20.4. The molecule has 0 aliphatic carbocycles. The van der Waals surface area contributed by atoms with Crippen molar-refractivity contribution >= 4 is 69.1 Å². The number of fused-ring (bicyclic) bond motifs is 1. The molecule has 69 heavy (non-hydrogen) atoms. The van der Waals surface area contributed by atoms with E-state index in [0.717, 1.165) is 67.5 Å². The quantitative estimate of drug-likeness (QED) is 0.0275. The van der Waals surface area contributed by atoms with Gasteiger partial charge in [-0.1, -0.05) is 93.3 Å². The van der Waals surface area contributed by atoms with Crippen molar-refractivity contribution in [2.24, 2.45) is 5.41 Å². The number of hydrogen-bond acceptors (Lipinski definition) is 18. The van der Waals surface area contributed by atoms with Gasteiger partial charge in [0.05, 0.1) is 19.5 Å². The smallest absolute Gasteiger partial charge is 0.386 e. The Labute approximate surface area is 404 Å². The highest BCUT2D eigenvalue weighted by molar-refractivity contribution is 8.13. The van der Waals surface area contributed by atoms with Gasteiger partial charge >= 0.3 is 23.5 Å². The van der Waals surface area contributed by atoms with Crippen molar-refractivity contribution in [2.75, 3.05) is 37.8 Å². The number of nitrogens with one attached hydrogen (secondary N) is 2. The zero-order valence-electron chi connectivity index (χ0n) is 38.5. The number of amides is 2. The number of rotatable bonds is 32. The summed E-state index contributed by atoms with van der Waals surface area (Å²) in [7, 11) is -16.4. The van der Waals surface area contributed by atoms with Crippen LogP contribution < -0.4 is 16.4 Å². The van der Waals surface area contributed by atoms with E-state index in [1.54, 1.807) is 0 Å². The van der Waals surface area contributed by atoms with Crippen molar-refractivity contribution in [3.63, 3.8) is 0 Å². The van der Waals surface area contributed by atoms with Crippen LogP contribution in [-0.2, 0) is 50.7 Å². The number of aromatic nitrogens is 4. The molecule has 28 heteroatoms. The Morgan fingerprint density at radius 2 is 1.49 bits per heavy atom. The van der Waals surface area contributed by atoms with E-state index in [0.29, 0.717) is 18.6 Å². The molecule has 1 saturated heterocycles. The number of nitrogen functional groups attached to an aromatic ring is 1. The van der Waals surface area contributed by atoms with E-state index >= 15 is 0 Å². The largest absolute Gasteiger partial charge is 0.481 e. The lowest BCUT2D eigenvalue weighted by Crippen LogP contribution is -2.46. The summed E-state index contributed by atoms with van der Waals surface area (Å²) in [4.78, 5) is 88.3. The number of aliphatic hydroxyl groups is 2. The fourth-order valence-corrected chi connectivity index (χ4v) is 9.65. The molecular formula is C41H64N7O17P3S. The monoisotopic (exact) mass is 1050 g/mol. The summed E-state index contributed by atoms with van der Waals surface area (Å²) in [6.07, 6.45) is 20.9. The maximum Gasteiger partial charge on any atom is 0.481 e. The van der Waals surface area contributed by atoms with E-state index < -0.39 is 84.6 Å². The fourth-order valence-electron chi connectivity index (χ4n) is 6.10. The molecule has 2 aromatic heterocycles. The molecule has 3 heterocycles. The highest BCUT2D eigenvalue weighted by atomic mass is 32.2. The number of imidazole rings is 1. The molecule has 0 saturated carbocycles. The number of carbonyl (C=O) groups excluding carboxylic acids is 3. The molecule has 386 valence electrons. The van der Waals surface area contributed by atoms with Crippen LogP contribution in [0.15, 0.2) is 73.4 Å². The predicted molar refractivity (Wildman–Crippen MR) is 255 cm³/mol. The molecule has 2 amide bonds. The van der Waals surface area contributed by atoms with E-state index in [2.05, 4.69) is 102 Å². The number of anilines is 1. The lowest BCUT2D eigenvalue weighted by atomic mass is 9.87. The number of phosphoric acid groups is 3. The van der Waals surface area contributed by atoms with Gasteiger partial charge in [0.25, 0.3) is 0 Å². The predicted octanol–water partition coefficient (Wildman–Crippen LogP) is 4.59. The second kappa shape index (κ2) is 29.6. The number of allylic oxidation sites excluding steroid dienone is 10. The van der Waals surface area contributed by atoms with Crippen LogP contribution in [0.3, 0.4) is 0 Å². The van der Waals surface area contributed by atoms with Gasteiger partial charge in [0, 0.05) is 37.1 Å². The molecule has 3 unspecified atom stereocenters. The number of unbranched alkanes of at least 4 members (excludes halogenated alkanes) is 1. The van der Waals surface area contributed by atoms with E-state index in [-0.39, 0.29) is 41.6 Å². The molecule has 1 aliphatic heterocycles.